The van der Waals surface area contributed by atoms with E-state index in [0.29, 0.717) is 34.8 Å². The van der Waals surface area contributed by atoms with Gasteiger partial charge >= 0.3 is 13.1 Å². The topological polar surface area (TPSA) is 165 Å². The van der Waals surface area contributed by atoms with Crippen LogP contribution in [0, 0.1) is 6.92 Å². The Labute approximate surface area is 201 Å². The average molecular weight is 511 g/mol. The summed E-state index contributed by atoms with van der Waals surface area (Å²) in [4.78, 5) is 51.9. The molecule has 0 bridgehead atoms. The normalized spacial score (nSPS) is 12.1. The Balaban J connectivity index is 2.13. The van der Waals surface area contributed by atoms with E-state index in [9.17, 15) is 14.2 Å². The van der Waals surface area contributed by atoms with E-state index in [-0.39, 0.29) is 32.0 Å². The molecule has 0 aliphatic carbocycles. The zero-order valence-corrected chi connectivity index (χ0v) is 20.5. The van der Waals surface area contributed by atoms with Crippen molar-refractivity contribution in [3.63, 3.8) is 0 Å². The molecule has 1 aromatic heterocycles. The minimum atomic E-state index is -4.70. The highest BCUT2D eigenvalue weighted by atomic mass is 32.2. The van der Waals surface area contributed by atoms with Crippen LogP contribution in [-0.4, -0.2) is 49.6 Å². The molecule has 13 heteroatoms. The van der Waals surface area contributed by atoms with Gasteiger partial charge in [0.25, 0.3) is 0 Å². The molecule has 1 aromatic carbocycles. The van der Waals surface area contributed by atoms with Crippen LogP contribution in [-0.2, 0) is 31.6 Å². The average Bonchev–Trinajstić information content (AvgIpc) is 2.77. The fourth-order valence-electron chi connectivity index (χ4n) is 2.80. The number of allylic oxidation sites excluding steroid dienone is 1. The van der Waals surface area contributed by atoms with Crippen molar-refractivity contribution in [1.82, 2.24) is 14.9 Å². The fraction of sp³-hybridized carbons (Fsp3) is 0.333. The molecule has 0 radical (unpaired) electrons. The van der Waals surface area contributed by atoms with Crippen LogP contribution in [0.15, 0.2) is 47.1 Å². The van der Waals surface area contributed by atoms with Gasteiger partial charge in [-0.25, -0.2) is 19.3 Å². The van der Waals surface area contributed by atoms with Crippen LogP contribution in [0.1, 0.15) is 30.3 Å². The van der Waals surface area contributed by atoms with E-state index in [0.717, 1.165) is 17.3 Å². The third kappa shape index (κ3) is 9.62. The van der Waals surface area contributed by atoms with Crippen LogP contribution in [0.2, 0.25) is 0 Å². The maximum atomic E-state index is 12.4. The number of hydrogen-bond donors (Lipinski definition) is 3. The molecule has 2 aromatic rings. The van der Waals surface area contributed by atoms with Gasteiger partial charge < -0.3 is 25.2 Å². The maximum absolute atomic E-state index is 12.4. The first kappa shape index (κ1) is 27.5. The number of aromatic nitrogens is 2. The molecular weight excluding hydrogens is 483 g/mol. The molecule has 1 heterocycles. The summed E-state index contributed by atoms with van der Waals surface area (Å²) in [5.74, 6) is 0.696. The quantitative estimate of drug-likeness (QED) is 0.218. The second-order valence-corrected chi connectivity index (χ2v) is 9.35. The summed E-state index contributed by atoms with van der Waals surface area (Å²) in [5.41, 5.74) is 7.79. The molecule has 0 saturated heterocycles. The summed E-state index contributed by atoms with van der Waals surface area (Å²) in [6.07, 6.45) is 2.54. The van der Waals surface area contributed by atoms with Gasteiger partial charge in [0.2, 0.25) is 6.41 Å². The summed E-state index contributed by atoms with van der Waals surface area (Å²) in [7, 11) is -4.70. The van der Waals surface area contributed by atoms with Gasteiger partial charge in [0, 0.05) is 35.2 Å². The van der Waals surface area contributed by atoms with E-state index >= 15 is 0 Å². The number of rotatable bonds is 12. The number of carbonyl (C=O) groups is 2. The number of nitrogens with zero attached hydrogens (tertiary/aromatic N) is 3. The van der Waals surface area contributed by atoms with E-state index in [1.807, 2.05) is 30.3 Å². The van der Waals surface area contributed by atoms with Crippen molar-refractivity contribution in [3.8, 4) is 0 Å². The Morgan fingerprint density at radius 2 is 1.97 bits per heavy atom. The first-order valence-corrected chi connectivity index (χ1v) is 12.5. The molecule has 4 N–H and O–H groups in total. The number of phosphoric acid groups is 1. The van der Waals surface area contributed by atoms with Gasteiger partial charge in [0.1, 0.15) is 11.6 Å². The highest BCUT2D eigenvalue weighted by Gasteiger charge is 2.20. The second-order valence-electron chi connectivity index (χ2n) is 7.08. The first-order chi connectivity index (χ1) is 16.1. The number of nitrogens with two attached hydrogens (primary N) is 1. The van der Waals surface area contributed by atoms with Crippen molar-refractivity contribution in [1.29, 1.82) is 0 Å². The van der Waals surface area contributed by atoms with Crippen LogP contribution < -0.4 is 5.73 Å². The van der Waals surface area contributed by atoms with Gasteiger partial charge in [0.15, 0.2) is 0 Å². The molecule has 0 saturated carbocycles. The molecule has 0 unspecified atom stereocenters. The Kier molecular flexibility index (Phi) is 10.7. The number of phosphoric ester groups is 1. The molecular formula is C21H27N4O7PS. The standard InChI is InChI=1S/C21H27N4O7PS/c1-15(25(14-26)13-18-12-23-16(2)24-20(18)22)19(9-11-32-33(28,29)30)34-21(27)31-10-8-17-6-4-3-5-7-17/h3-7,12,14H,8-11,13H2,1-2H3,(H2,22,23,24)(H2,28,29,30). The summed E-state index contributed by atoms with van der Waals surface area (Å²) < 4.78 is 20.8. The third-order valence-electron chi connectivity index (χ3n) is 4.57. The van der Waals surface area contributed by atoms with Gasteiger partial charge in [-0.05, 0) is 31.2 Å². The monoisotopic (exact) mass is 510 g/mol. The lowest BCUT2D eigenvalue weighted by Crippen LogP contribution is -2.22. The molecule has 0 fully saturated rings. The Hall–Kier alpha value is -2.76. The Morgan fingerprint density at radius 1 is 1.26 bits per heavy atom. The highest BCUT2D eigenvalue weighted by Crippen LogP contribution is 2.37. The SMILES string of the molecule is CC(=C(CCOP(=O)(O)O)SC(=O)OCCc1ccccc1)N(C=O)Cc1cnc(C)nc1N. The van der Waals surface area contributed by atoms with Crippen molar-refractivity contribution < 1.29 is 33.2 Å². The number of nitrogen functional groups attached to an aromatic ring is 1. The molecule has 0 aliphatic rings. The lowest BCUT2D eigenvalue weighted by Gasteiger charge is -2.22. The van der Waals surface area contributed by atoms with Crippen molar-refractivity contribution in [3.05, 3.63) is 64.1 Å². The minimum absolute atomic E-state index is 0.0356. The molecule has 2 rings (SSSR count). The number of thioether (sulfide) groups is 1. The minimum Gasteiger partial charge on any atom is -0.457 e. The van der Waals surface area contributed by atoms with E-state index < -0.39 is 13.1 Å². The fourth-order valence-corrected chi connectivity index (χ4v) is 3.93. The van der Waals surface area contributed by atoms with E-state index in [2.05, 4.69) is 14.5 Å². The number of aryl methyl sites for hydroxylation is 1. The van der Waals surface area contributed by atoms with Gasteiger partial charge in [-0.3, -0.25) is 9.32 Å². The van der Waals surface area contributed by atoms with Crippen LogP contribution >= 0.6 is 19.6 Å². The summed E-state index contributed by atoms with van der Waals surface area (Å²) >= 11 is 0.722. The predicted octanol–water partition coefficient (Wildman–Crippen LogP) is 3.17. The number of hydrogen-bond acceptors (Lipinski definition) is 9. The van der Waals surface area contributed by atoms with Crippen LogP contribution in [0.25, 0.3) is 0 Å². The van der Waals surface area contributed by atoms with Gasteiger partial charge in [0.05, 0.1) is 19.8 Å². The molecule has 34 heavy (non-hydrogen) atoms. The third-order valence-corrected chi connectivity index (χ3v) is 6.12. The smallest absolute Gasteiger partial charge is 0.457 e. The summed E-state index contributed by atoms with van der Waals surface area (Å²) in [5, 5.41) is -0.620. The summed E-state index contributed by atoms with van der Waals surface area (Å²) in [6, 6.07) is 9.49. The van der Waals surface area contributed by atoms with Crippen LogP contribution in [0.4, 0.5) is 10.6 Å². The lowest BCUT2D eigenvalue weighted by atomic mass is 10.2. The zero-order valence-electron chi connectivity index (χ0n) is 18.8. The predicted molar refractivity (Wildman–Crippen MR) is 127 cm³/mol. The number of anilines is 1. The largest absolute Gasteiger partial charge is 0.469 e. The van der Waals surface area contributed by atoms with E-state index in [4.69, 9.17) is 20.3 Å². The van der Waals surface area contributed by atoms with Crippen LogP contribution in [0.3, 0.4) is 0 Å². The number of ether oxygens (including phenoxy) is 1. The molecule has 0 atom stereocenters. The molecule has 11 nitrogen and oxygen atoms in total. The molecule has 0 aliphatic heterocycles. The number of amides is 1. The van der Waals surface area contributed by atoms with Crippen molar-refractivity contribution in [2.24, 2.45) is 0 Å². The van der Waals surface area contributed by atoms with Crippen LogP contribution in [0.5, 0.6) is 0 Å². The lowest BCUT2D eigenvalue weighted by molar-refractivity contribution is -0.116. The van der Waals surface area contributed by atoms with E-state index in [1.54, 1.807) is 13.8 Å². The highest BCUT2D eigenvalue weighted by molar-refractivity contribution is 8.16. The molecule has 0 spiro atoms. The molecule has 184 valence electrons. The number of carbonyl (C=O) groups excluding carboxylic acids is 2. The Bertz CT molecular complexity index is 1060. The second kappa shape index (κ2) is 13.2. The van der Waals surface area contributed by atoms with Crippen molar-refractivity contribution in [2.45, 2.75) is 33.2 Å². The zero-order chi connectivity index (χ0) is 25.1. The van der Waals surface area contributed by atoms with Gasteiger partial charge in [-0.1, -0.05) is 30.3 Å². The summed E-state index contributed by atoms with van der Waals surface area (Å²) in [6.45, 7) is 3.09. The maximum Gasteiger partial charge on any atom is 0.469 e. The van der Waals surface area contributed by atoms with Crippen molar-refractivity contribution in [2.75, 3.05) is 18.9 Å². The first-order valence-electron chi connectivity index (χ1n) is 10.2. The molecule has 1 amide bonds. The van der Waals surface area contributed by atoms with Crippen molar-refractivity contribution >= 4 is 37.1 Å². The van der Waals surface area contributed by atoms with Gasteiger partial charge in [-0.2, -0.15) is 0 Å². The Morgan fingerprint density at radius 3 is 2.59 bits per heavy atom. The number of benzene rings is 1. The van der Waals surface area contributed by atoms with Gasteiger partial charge in [-0.15, -0.1) is 0 Å². The van der Waals surface area contributed by atoms with E-state index in [1.165, 1.54) is 11.1 Å².